The van der Waals surface area contributed by atoms with Crippen LogP contribution in [0.4, 0.5) is 0 Å². The number of aliphatic carboxylic acids is 1. The summed E-state index contributed by atoms with van der Waals surface area (Å²) in [5.74, 6) is -3.23. The van der Waals surface area contributed by atoms with Gasteiger partial charge in [0.1, 0.15) is 18.8 Å². The second kappa shape index (κ2) is 45.6. The van der Waals surface area contributed by atoms with Crippen LogP contribution >= 0.6 is 0 Å². The zero-order chi connectivity index (χ0) is 50.4. The average molecular weight is 973 g/mol. The first kappa shape index (κ1) is 63.4. The molecule has 0 saturated carbocycles. The van der Waals surface area contributed by atoms with E-state index in [0.29, 0.717) is 25.7 Å². The van der Waals surface area contributed by atoms with Crippen LogP contribution in [0.3, 0.4) is 0 Å². The molecule has 0 aromatic rings. The van der Waals surface area contributed by atoms with Crippen LogP contribution < -0.4 is 0 Å². The number of esters is 3. The summed E-state index contributed by atoms with van der Waals surface area (Å²) in [6, 6.07) is 0. The molecule has 1 fully saturated rings. The highest BCUT2D eigenvalue weighted by atomic mass is 16.7. The zero-order valence-electron chi connectivity index (χ0n) is 43.3. The van der Waals surface area contributed by atoms with Gasteiger partial charge in [-0.3, -0.25) is 14.4 Å². The van der Waals surface area contributed by atoms with Crippen LogP contribution in [-0.2, 0) is 42.9 Å². The molecule has 12 heteroatoms. The third kappa shape index (κ3) is 36.1. The maximum absolute atomic E-state index is 13.1. The van der Waals surface area contributed by atoms with Crippen molar-refractivity contribution in [3.63, 3.8) is 0 Å². The van der Waals surface area contributed by atoms with E-state index in [1.54, 1.807) is 0 Å². The highest BCUT2D eigenvalue weighted by Crippen LogP contribution is 2.26. The summed E-state index contributed by atoms with van der Waals surface area (Å²) in [4.78, 5) is 50.8. The topological polar surface area (TPSA) is 175 Å². The molecule has 1 saturated heterocycles. The SMILES string of the molecule is CC/C=C\C/C=C\C/C=C\C/C=C\CCC(=O)OC1C(OCC(COC(=O)CCCCCCCCCCCCCCCCC)OC(=O)CCCCCCC/C=C\CCCC)OC(C(=O)O)C(O)C1O. The lowest BCUT2D eigenvalue weighted by Gasteiger charge is -2.40. The number of allylic oxidation sites excluding steroid dienone is 10. The summed E-state index contributed by atoms with van der Waals surface area (Å²) in [5, 5.41) is 31.3. The summed E-state index contributed by atoms with van der Waals surface area (Å²) in [5.41, 5.74) is 0. The van der Waals surface area contributed by atoms with Gasteiger partial charge in [0.2, 0.25) is 0 Å². The fourth-order valence-corrected chi connectivity index (χ4v) is 7.89. The molecular formula is C57H96O12. The number of carboxylic acid groups (broad SMARTS) is 1. The zero-order valence-corrected chi connectivity index (χ0v) is 43.3. The minimum Gasteiger partial charge on any atom is -0.479 e. The van der Waals surface area contributed by atoms with Crippen molar-refractivity contribution in [1.29, 1.82) is 0 Å². The fraction of sp³-hybridized carbons (Fsp3) is 0.754. The number of ether oxygens (including phenoxy) is 5. The molecule has 1 aliphatic heterocycles. The van der Waals surface area contributed by atoms with Crippen molar-refractivity contribution in [3.8, 4) is 0 Å². The molecule has 0 spiro atoms. The van der Waals surface area contributed by atoms with Gasteiger partial charge < -0.3 is 39.0 Å². The average Bonchev–Trinajstić information content (AvgIpc) is 3.33. The lowest BCUT2D eigenvalue weighted by Crippen LogP contribution is -2.61. The van der Waals surface area contributed by atoms with Gasteiger partial charge in [0.05, 0.1) is 6.61 Å². The molecule has 12 nitrogen and oxygen atoms in total. The molecule has 0 aliphatic carbocycles. The van der Waals surface area contributed by atoms with Crippen molar-refractivity contribution in [3.05, 3.63) is 60.8 Å². The van der Waals surface area contributed by atoms with Crippen molar-refractivity contribution < 1.29 is 58.2 Å². The number of aliphatic hydroxyl groups is 2. The van der Waals surface area contributed by atoms with Gasteiger partial charge in [-0.15, -0.1) is 0 Å². The van der Waals surface area contributed by atoms with Gasteiger partial charge >= 0.3 is 23.9 Å². The predicted molar refractivity (Wildman–Crippen MR) is 275 cm³/mol. The molecule has 1 heterocycles. The number of hydrogen-bond donors (Lipinski definition) is 3. The maximum atomic E-state index is 13.1. The Hall–Kier alpha value is -3.58. The first-order chi connectivity index (χ1) is 33.6. The number of hydrogen-bond acceptors (Lipinski definition) is 11. The van der Waals surface area contributed by atoms with E-state index in [2.05, 4.69) is 63.3 Å². The summed E-state index contributed by atoms with van der Waals surface area (Å²) < 4.78 is 28.2. The van der Waals surface area contributed by atoms with E-state index in [1.807, 2.05) is 18.2 Å². The summed E-state index contributed by atoms with van der Waals surface area (Å²) >= 11 is 0. The smallest absolute Gasteiger partial charge is 0.335 e. The van der Waals surface area contributed by atoms with E-state index >= 15 is 0 Å². The van der Waals surface area contributed by atoms with Gasteiger partial charge in [-0.1, -0.05) is 204 Å². The fourth-order valence-electron chi connectivity index (χ4n) is 7.89. The van der Waals surface area contributed by atoms with Crippen LogP contribution in [0.2, 0.25) is 0 Å². The van der Waals surface area contributed by atoms with Gasteiger partial charge in [-0.2, -0.15) is 0 Å². The van der Waals surface area contributed by atoms with Crippen LogP contribution in [0.5, 0.6) is 0 Å². The Morgan fingerprint density at radius 2 is 0.957 bits per heavy atom. The number of unbranched alkanes of at least 4 members (excludes halogenated alkanes) is 21. The second-order valence-corrected chi connectivity index (χ2v) is 18.5. The summed E-state index contributed by atoms with van der Waals surface area (Å²) in [6.07, 6.45) is 42.3. The predicted octanol–water partition coefficient (Wildman–Crippen LogP) is 13.2. The summed E-state index contributed by atoms with van der Waals surface area (Å²) in [6.45, 7) is 5.78. The molecule has 0 aromatic carbocycles. The number of carboxylic acids is 1. The number of carbonyl (C=O) groups excluding carboxylic acids is 3. The lowest BCUT2D eigenvalue weighted by atomic mass is 9.98. The van der Waals surface area contributed by atoms with E-state index in [4.69, 9.17) is 23.7 Å². The Labute approximate surface area is 417 Å². The van der Waals surface area contributed by atoms with Crippen LogP contribution in [0, 0.1) is 0 Å². The van der Waals surface area contributed by atoms with Crippen molar-refractivity contribution in [2.45, 2.75) is 263 Å². The van der Waals surface area contributed by atoms with Crippen molar-refractivity contribution in [2.24, 2.45) is 0 Å². The Morgan fingerprint density at radius 3 is 1.49 bits per heavy atom. The third-order valence-electron chi connectivity index (χ3n) is 12.1. The molecule has 396 valence electrons. The van der Waals surface area contributed by atoms with Crippen molar-refractivity contribution in [1.82, 2.24) is 0 Å². The Kier molecular flexibility index (Phi) is 41.9. The van der Waals surface area contributed by atoms with E-state index in [-0.39, 0.29) is 25.9 Å². The first-order valence-corrected chi connectivity index (χ1v) is 27.3. The van der Waals surface area contributed by atoms with Gasteiger partial charge in [0.15, 0.2) is 24.6 Å². The van der Waals surface area contributed by atoms with Gasteiger partial charge in [0, 0.05) is 19.3 Å². The monoisotopic (exact) mass is 973 g/mol. The molecule has 6 atom stereocenters. The first-order valence-electron chi connectivity index (χ1n) is 27.3. The Balaban J connectivity index is 2.74. The van der Waals surface area contributed by atoms with Gasteiger partial charge in [-0.25, -0.2) is 4.79 Å². The minimum atomic E-state index is -1.92. The summed E-state index contributed by atoms with van der Waals surface area (Å²) in [7, 11) is 0. The van der Waals surface area contributed by atoms with Crippen molar-refractivity contribution in [2.75, 3.05) is 13.2 Å². The molecular weight excluding hydrogens is 877 g/mol. The number of carbonyl (C=O) groups is 4. The largest absolute Gasteiger partial charge is 0.479 e. The van der Waals surface area contributed by atoms with E-state index in [9.17, 15) is 34.5 Å². The lowest BCUT2D eigenvalue weighted by molar-refractivity contribution is -0.301. The van der Waals surface area contributed by atoms with E-state index in [0.717, 1.165) is 77.0 Å². The Morgan fingerprint density at radius 1 is 0.493 bits per heavy atom. The molecule has 0 radical (unpaired) electrons. The van der Waals surface area contributed by atoms with Crippen LogP contribution in [0.15, 0.2) is 60.8 Å². The standard InChI is InChI=1S/C57H96O12/c1-4-7-10-13-16-19-22-24-25-27-29-31-34-37-40-43-49(58)65-46-48(67-50(59)44-41-38-35-32-28-21-18-15-12-9-6-3)47-66-57-55(53(62)52(61)54(69-57)56(63)64)68-51(60)45-42-39-36-33-30-26-23-20-17-14-11-8-5-2/h8,11,15,17-18,20,26,30,36,39,48,52-55,57,61-62H,4-7,9-10,12-14,16,19,21-25,27-29,31-35,37-38,40-47H2,1-3H3,(H,63,64)/b11-8-,18-15-,20-17-,30-26-,39-36-. The van der Waals surface area contributed by atoms with Crippen LogP contribution in [0.1, 0.15) is 226 Å². The van der Waals surface area contributed by atoms with Crippen LogP contribution in [0.25, 0.3) is 0 Å². The van der Waals surface area contributed by atoms with Gasteiger partial charge in [-0.05, 0) is 64.2 Å². The highest BCUT2D eigenvalue weighted by molar-refractivity contribution is 5.74. The number of aliphatic hydroxyl groups excluding tert-OH is 2. The molecule has 0 amide bonds. The molecule has 1 rings (SSSR count). The normalized spacial score (nSPS) is 19.1. The third-order valence-corrected chi connectivity index (χ3v) is 12.1. The highest BCUT2D eigenvalue weighted by Gasteiger charge is 2.50. The molecule has 0 bridgehead atoms. The number of rotatable bonds is 45. The van der Waals surface area contributed by atoms with E-state index < -0.39 is 67.3 Å². The Bertz CT molecular complexity index is 1440. The molecule has 0 aromatic heterocycles. The van der Waals surface area contributed by atoms with Crippen molar-refractivity contribution >= 4 is 23.9 Å². The maximum Gasteiger partial charge on any atom is 0.335 e. The molecule has 1 aliphatic rings. The second-order valence-electron chi connectivity index (χ2n) is 18.5. The quantitative estimate of drug-likeness (QED) is 0.0228. The molecule has 69 heavy (non-hydrogen) atoms. The minimum absolute atomic E-state index is 0.0612. The molecule has 3 N–H and O–H groups in total. The molecule has 6 unspecified atom stereocenters. The van der Waals surface area contributed by atoms with Crippen LogP contribution in [-0.4, -0.2) is 89.2 Å². The van der Waals surface area contributed by atoms with E-state index in [1.165, 1.54) is 83.5 Å². The van der Waals surface area contributed by atoms with Gasteiger partial charge in [0.25, 0.3) is 0 Å².